The van der Waals surface area contributed by atoms with E-state index in [4.69, 9.17) is 4.74 Å². The minimum absolute atomic E-state index is 0.252. The van der Waals surface area contributed by atoms with E-state index in [9.17, 15) is 5.11 Å². The summed E-state index contributed by atoms with van der Waals surface area (Å²) < 4.78 is 13.1. The van der Waals surface area contributed by atoms with Crippen molar-refractivity contribution in [3.05, 3.63) is 6.20 Å². The first-order valence-corrected chi connectivity index (χ1v) is 8.52. The molecule has 0 saturated carbocycles. The third-order valence-corrected chi connectivity index (χ3v) is 4.35. The van der Waals surface area contributed by atoms with Crippen molar-refractivity contribution in [3.63, 3.8) is 0 Å². The fraction of sp³-hybridized carbons (Fsp3) is 0.857. The molecule has 0 aromatic carbocycles. The smallest absolute Gasteiger partial charge is 0.245 e. The number of aliphatic hydroxyl groups is 1. The van der Waals surface area contributed by atoms with Crippen LogP contribution in [0.4, 0.5) is 0 Å². The molecule has 7 heteroatoms. The van der Waals surface area contributed by atoms with Crippen molar-refractivity contribution in [1.82, 2.24) is 19.0 Å². The lowest BCUT2D eigenvalue weighted by molar-refractivity contribution is 0.103. The third kappa shape index (κ3) is 6.25. The number of piperidine rings is 1. The van der Waals surface area contributed by atoms with Crippen molar-refractivity contribution in [1.29, 1.82) is 0 Å². The SMILES string of the molecule is CC1CCCCN1CCCNCC(O)COc1cnsn1. The molecule has 21 heavy (non-hydrogen) atoms. The van der Waals surface area contributed by atoms with Gasteiger partial charge in [0.15, 0.2) is 0 Å². The quantitative estimate of drug-likeness (QED) is 0.666. The monoisotopic (exact) mass is 314 g/mol. The van der Waals surface area contributed by atoms with Crippen LogP contribution in [0.15, 0.2) is 6.20 Å². The van der Waals surface area contributed by atoms with Crippen LogP contribution < -0.4 is 10.1 Å². The number of rotatable bonds is 9. The Balaban J connectivity index is 1.47. The van der Waals surface area contributed by atoms with Gasteiger partial charge in [-0.15, -0.1) is 4.37 Å². The second kappa shape index (κ2) is 9.30. The Kier molecular flexibility index (Phi) is 7.35. The van der Waals surface area contributed by atoms with E-state index in [1.165, 1.54) is 25.8 Å². The summed E-state index contributed by atoms with van der Waals surface area (Å²) in [6.45, 7) is 6.43. The molecular weight excluding hydrogens is 288 g/mol. The molecule has 0 aliphatic carbocycles. The molecule has 6 nitrogen and oxygen atoms in total. The normalized spacial score (nSPS) is 21.3. The standard InChI is InChI=1S/C14H26N4O2S/c1-12-5-2-3-7-18(12)8-4-6-15-9-13(19)11-20-14-10-16-21-17-14/h10,12-13,15,19H,2-9,11H2,1H3. The third-order valence-electron chi connectivity index (χ3n) is 3.88. The van der Waals surface area contributed by atoms with Crippen LogP contribution in [0.2, 0.25) is 0 Å². The molecule has 1 aromatic heterocycles. The van der Waals surface area contributed by atoms with Crippen LogP contribution in [-0.2, 0) is 0 Å². The Bertz CT molecular complexity index is 377. The molecule has 0 radical (unpaired) electrons. The number of nitrogens with zero attached hydrogens (tertiary/aromatic N) is 3. The minimum Gasteiger partial charge on any atom is -0.473 e. The Morgan fingerprint density at radius 1 is 1.57 bits per heavy atom. The zero-order valence-electron chi connectivity index (χ0n) is 12.7. The van der Waals surface area contributed by atoms with Gasteiger partial charge in [0.25, 0.3) is 0 Å². The van der Waals surface area contributed by atoms with Crippen LogP contribution in [0.1, 0.15) is 32.6 Å². The summed E-state index contributed by atoms with van der Waals surface area (Å²) in [6, 6.07) is 0.726. The van der Waals surface area contributed by atoms with Crippen LogP contribution in [0, 0.1) is 0 Å². The van der Waals surface area contributed by atoms with Gasteiger partial charge in [-0.1, -0.05) is 6.42 Å². The van der Waals surface area contributed by atoms with Crippen molar-refractivity contribution in [2.75, 3.05) is 32.8 Å². The number of hydrogen-bond donors (Lipinski definition) is 2. The highest BCUT2D eigenvalue weighted by Gasteiger charge is 2.17. The van der Waals surface area contributed by atoms with Crippen LogP contribution in [0.25, 0.3) is 0 Å². The summed E-state index contributed by atoms with van der Waals surface area (Å²) >= 11 is 1.10. The molecule has 1 aromatic rings. The van der Waals surface area contributed by atoms with Crippen LogP contribution in [0.3, 0.4) is 0 Å². The molecule has 0 amide bonds. The van der Waals surface area contributed by atoms with Gasteiger partial charge < -0.3 is 20.1 Å². The Morgan fingerprint density at radius 2 is 2.48 bits per heavy atom. The number of aromatic nitrogens is 2. The Hall–Kier alpha value is -0.760. The first-order valence-electron chi connectivity index (χ1n) is 7.79. The zero-order valence-corrected chi connectivity index (χ0v) is 13.5. The van der Waals surface area contributed by atoms with E-state index in [1.54, 1.807) is 6.20 Å². The van der Waals surface area contributed by atoms with E-state index in [1.807, 2.05) is 0 Å². The highest BCUT2D eigenvalue weighted by Crippen LogP contribution is 2.16. The molecule has 2 atom stereocenters. The van der Waals surface area contributed by atoms with Gasteiger partial charge in [-0.2, -0.15) is 4.37 Å². The first kappa shape index (κ1) is 16.6. The van der Waals surface area contributed by atoms with Crippen molar-refractivity contribution in [2.24, 2.45) is 0 Å². The van der Waals surface area contributed by atoms with Crippen molar-refractivity contribution < 1.29 is 9.84 Å². The van der Waals surface area contributed by atoms with Gasteiger partial charge in [-0.05, 0) is 45.8 Å². The molecule has 0 bridgehead atoms. The lowest BCUT2D eigenvalue weighted by Gasteiger charge is -2.33. The molecular formula is C14H26N4O2S. The van der Waals surface area contributed by atoms with E-state index in [0.717, 1.165) is 37.3 Å². The summed E-state index contributed by atoms with van der Waals surface area (Å²) in [6.07, 6.45) is 6.20. The number of likely N-dealkylation sites (tertiary alicyclic amines) is 1. The van der Waals surface area contributed by atoms with Crippen LogP contribution in [0.5, 0.6) is 5.88 Å². The van der Waals surface area contributed by atoms with Gasteiger partial charge in [-0.25, -0.2) is 0 Å². The highest BCUT2D eigenvalue weighted by molar-refractivity contribution is 6.99. The molecule has 2 rings (SSSR count). The van der Waals surface area contributed by atoms with Gasteiger partial charge in [0.1, 0.15) is 18.9 Å². The number of hydrogen-bond acceptors (Lipinski definition) is 7. The second-order valence-corrected chi connectivity index (χ2v) is 6.21. The Labute approximate surface area is 130 Å². The van der Waals surface area contributed by atoms with Crippen LogP contribution in [-0.4, -0.2) is 63.7 Å². The largest absolute Gasteiger partial charge is 0.473 e. The van der Waals surface area contributed by atoms with Gasteiger partial charge in [0, 0.05) is 12.6 Å². The lowest BCUT2D eigenvalue weighted by Crippen LogP contribution is -2.39. The highest BCUT2D eigenvalue weighted by atomic mass is 32.1. The summed E-state index contributed by atoms with van der Waals surface area (Å²) in [5.74, 6) is 0.484. The fourth-order valence-electron chi connectivity index (χ4n) is 2.63. The van der Waals surface area contributed by atoms with E-state index in [-0.39, 0.29) is 6.61 Å². The van der Waals surface area contributed by atoms with Crippen molar-refractivity contribution in [3.8, 4) is 5.88 Å². The number of nitrogens with one attached hydrogen (secondary N) is 1. The fourth-order valence-corrected chi connectivity index (χ4v) is 2.99. The van der Waals surface area contributed by atoms with Gasteiger partial charge in [0.05, 0.1) is 11.7 Å². The summed E-state index contributed by atoms with van der Waals surface area (Å²) in [4.78, 5) is 2.57. The van der Waals surface area contributed by atoms with Crippen molar-refractivity contribution >= 4 is 11.7 Å². The maximum atomic E-state index is 9.80. The number of ether oxygens (including phenoxy) is 1. The molecule has 0 spiro atoms. The van der Waals surface area contributed by atoms with E-state index in [0.29, 0.717) is 12.4 Å². The van der Waals surface area contributed by atoms with Gasteiger partial charge >= 0.3 is 0 Å². The van der Waals surface area contributed by atoms with E-state index < -0.39 is 6.10 Å². The van der Waals surface area contributed by atoms with Crippen LogP contribution >= 0.6 is 11.7 Å². The minimum atomic E-state index is -0.513. The second-order valence-electron chi connectivity index (χ2n) is 5.65. The predicted molar refractivity (Wildman–Crippen MR) is 83.8 cm³/mol. The lowest BCUT2D eigenvalue weighted by atomic mass is 10.0. The molecule has 2 heterocycles. The zero-order chi connectivity index (χ0) is 14.9. The van der Waals surface area contributed by atoms with E-state index >= 15 is 0 Å². The summed E-state index contributed by atoms with van der Waals surface area (Å²) in [5, 5.41) is 13.1. The average Bonchev–Trinajstić information content (AvgIpc) is 3.00. The van der Waals surface area contributed by atoms with E-state index in [2.05, 4.69) is 25.9 Å². The molecule has 2 unspecified atom stereocenters. The molecule has 2 N–H and O–H groups in total. The molecule has 1 aliphatic rings. The summed E-state index contributed by atoms with van der Waals surface area (Å²) in [7, 11) is 0. The van der Waals surface area contributed by atoms with Gasteiger partial charge in [0.2, 0.25) is 5.88 Å². The Morgan fingerprint density at radius 3 is 3.24 bits per heavy atom. The molecule has 1 saturated heterocycles. The number of aliphatic hydroxyl groups excluding tert-OH is 1. The molecule has 1 aliphatic heterocycles. The van der Waals surface area contributed by atoms with Crippen molar-refractivity contribution in [2.45, 2.75) is 44.8 Å². The topological polar surface area (TPSA) is 70.5 Å². The first-order chi connectivity index (χ1) is 10.3. The maximum absolute atomic E-state index is 9.80. The summed E-state index contributed by atoms with van der Waals surface area (Å²) in [5.41, 5.74) is 0. The molecule has 1 fully saturated rings. The maximum Gasteiger partial charge on any atom is 0.245 e. The van der Waals surface area contributed by atoms with Gasteiger partial charge in [-0.3, -0.25) is 0 Å². The predicted octanol–water partition coefficient (Wildman–Crippen LogP) is 1.13. The molecule has 120 valence electrons. The average molecular weight is 314 g/mol.